The van der Waals surface area contributed by atoms with Crippen molar-refractivity contribution in [3.8, 4) is 12.3 Å². The van der Waals surface area contributed by atoms with Crippen LogP contribution in [0.2, 0.25) is 0 Å². The lowest BCUT2D eigenvalue weighted by Gasteiger charge is -2.09. The second-order valence-corrected chi connectivity index (χ2v) is 2.52. The Hall–Kier alpha value is -1.30. The Balaban J connectivity index is 3.07. The van der Waals surface area contributed by atoms with Gasteiger partial charge in [0.2, 0.25) is 0 Å². The van der Waals surface area contributed by atoms with Crippen LogP contribution in [0, 0.1) is 12.3 Å². The predicted molar refractivity (Wildman–Crippen MR) is 48.4 cm³/mol. The van der Waals surface area contributed by atoms with Gasteiger partial charge in [-0.3, -0.25) is 0 Å². The molecule has 0 aliphatic rings. The van der Waals surface area contributed by atoms with Crippen molar-refractivity contribution in [2.45, 2.75) is 6.04 Å². The molecule has 0 aliphatic heterocycles. The van der Waals surface area contributed by atoms with E-state index in [9.17, 15) is 0 Å². The summed E-state index contributed by atoms with van der Waals surface area (Å²) in [6.45, 7) is -0.0846. The number of nitrogens with two attached hydrogens (primary N) is 1. The van der Waals surface area contributed by atoms with Crippen LogP contribution in [0.1, 0.15) is 17.2 Å². The summed E-state index contributed by atoms with van der Waals surface area (Å²) >= 11 is 0. The lowest BCUT2D eigenvalue weighted by atomic mass is 10.0. The Kier molecular flexibility index (Phi) is 2.87. The van der Waals surface area contributed by atoms with Gasteiger partial charge in [0, 0.05) is 5.56 Å². The molecule has 1 atom stereocenters. The largest absolute Gasteiger partial charge is 0.394 e. The van der Waals surface area contributed by atoms with Gasteiger partial charge in [0.1, 0.15) is 0 Å². The van der Waals surface area contributed by atoms with Gasteiger partial charge < -0.3 is 10.8 Å². The van der Waals surface area contributed by atoms with Gasteiger partial charge >= 0.3 is 0 Å². The van der Waals surface area contributed by atoms with Crippen LogP contribution in [0.25, 0.3) is 0 Å². The normalized spacial score (nSPS) is 12.1. The Labute approximate surface area is 72.0 Å². The molecular weight excluding hydrogens is 150 g/mol. The van der Waals surface area contributed by atoms with Gasteiger partial charge in [0.05, 0.1) is 12.6 Å². The summed E-state index contributed by atoms with van der Waals surface area (Å²) in [5.74, 6) is 2.52. The van der Waals surface area contributed by atoms with Gasteiger partial charge in [0.15, 0.2) is 0 Å². The average molecular weight is 161 g/mol. The highest BCUT2D eigenvalue weighted by Gasteiger charge is 2.06. The zero-order chi connectivity index (χ0) is 8.97. The number of hydrogen-bond donors (Lipinski definition) is 2. The first-order valence-corrected chi connectivity index (χ1v) is 3.71. The van der Waals surface area contributed by atoms with Crippen LogP contribution in [0.5, 0.6) is 0 Å². The molecule has 0 radical (unpaired) electrons. The second kappa shape index (κ2) is 3.91. The van der Waals surface area contributed by atoms with E-state index in [0.717, 1.165) is 11.1 Å². The minimum atomic E-state index is -0.378. The Morgan fingerprint density at radius 1 is 1.50 bits per heavy atom. The Morgan fingerprint density at radius 3 is 2.75 bits per heavy atom. The van der Waals surface area contributed by atoms with E-state index in [0.29, 0.717) is 0 Å². The van der Waals surface area contributed by atoms with Gasteiger partial charge in [0.25, 0.3) is 0 Å². The van der Waals surface area contributed by atoms with Crippen molar-refractivity contribution < 1.29 is 5.11 Å². The molecule has 0 unspecified atom stereocenters. The molecule has 62 valence electrons. The molecule has 0 aliphatic carbocycles. The van der Waals surface area contributed by atoms with Crippen LogP contribution in [0.4, 0.5) is 0 Å². The third kappa shape index (κ3) is 1.65. The van der Waals surface area contributed by atoms with Crippen molar-refractivity contribution in [1.82, 2.24) is 0 Å². The Bertz CT molecular complexity index is 301. The van der Waals surface area contributed by atoms with Gasteiger partial charge in [-0.05, 0) is 11.6 Å². The van der Waals surface area contributed by atoms with Crippen LogP contribution in [-0.4, -0.2) is 11.7 Å². The van der Waals surface area contributed by atoms with Crippen molar-refractivity contribution in [2.75, 3.05) is 6.61 Å². The fourth-order valence-electron chi connectivity index (χ4n) is 1.05. The monoisotopic (exact) mass is 161 g/mol. The van der Waals surface area contributed by atoms with E-state index in [-0.39, 0.29) is 12.6 Å². The lowest BCUT2D eigenvalue weighted by molar-refractivity contribution is 0.268. The standard InChI is InChI=1S/C10H11NO/c1-2-8-5-3-4-6-9(8)10(11)7-12/h1,3-6,10,12H,7,11H2/t10-/m1/s1. The first-order valence-electron chi connectivity index (χ1n) is 3.71. The minimum Gasteiger partial charge on any atom is -0.394 e. The summed E-state index contributed by atoms with van der Waals surface area (Å²) in [5, 5.41) is 8.81. The van der Waals surface area contributed by atoms with Crippen LogP contribution in [-0.2, 0) is 0 Å². The summed E-state index contributed by atoms with van der Waals surface area (Å²) in [5.41, 5.74) is 7.20. The van der Waals surface area contributed by atoms with E-state index >= 15 is 0 Å². The van der Waals surface area contributed by atoms with Gasteiger partial charge in [-0.2, -0.15) is 0 Å². The fraction of sp³-hybridized carbons (Fsp3) is 0.200. The van der Waals surface area contributed by atoms with Crippen molar-refractivity contribution >= 4 is 0 Å². The third-order valence-electron chi connectivity index (χ3n) is 1.71. The number of aliphatic hydroxyl groups excluding tert-OH is 1. The summed E-state index contributed by atoms with van der Waals surface area (Å²) in [6, 6.07) is 6.97. The van der Waals surface area contributed by atoms with Gasteiger partial charge in [-0.25, -0.2) is 0 Å². The fourth-order valence-corrected chi connectivity index (χ4v) is 1.05. The third-order valence-corrected chi connectivity index (χ3v) is 1.71. The number of terminal acetylenes is 1. The number of rotatable bonds is 2. The predicted octanol–water partition coefficient (Wildman–Crippen LogP) is 0.660. The zero-order valence-electron chi connectivity index (χ0n) is 6.70. The van der Waals surface area contributed by atoms with Crippen LogP contribution in [0.15, 0.2) is 24.3 Å². The van der Waals surface area contributed by atoms with Crippen molar-refractivity contribution in [3.63, 3.8) is 0 Å². The highest BCUT2D eigenvalue weighted by atomic mass is 16.3. The smallest absolute Gasteiger partial charge is 0.0624 e. The molecule has 0 bridgehead atoms. The zero-order valence-corrected chi connectivity index (χ0v) is 6.70. The lowest BCUT2D eigenvalue weighted by Crippen LogP contribution is -2.15. The van der Waals surface area contributed by atoms with E-state index in [1.54, 1.807) is 0 Å². The van der Waals surface area contributed by atoms with Crippen LogP contribution in [0.3, 0.4) is 0 Å². The molecule has 0 amide bonds. The van der Waals surface area contributed by atoms with E-state index in [4.69, 9.17) is 17.3 Å². The van der Waals surface area contributed by atoms with E-state index < -0.39 is 0 Å². The minimum absolute atomic E-state index is 0.0846. The van der Waals surface area contributed by atoms with Crippen molar-refractivity contribution in [2.24, 2.45) is 5.73 Å². The average Bonchev–Trinajstić information content (AvgIpc) is 2.16. The molecule has 0 fully saturated rings. The van der Waals surface area contributed by atoms with Gasteiger partial charge in [-0.1, -0.05) is 24.1 Å². The molecule has 0 heterocycles. The van der Waals surface area contributed by atoms with Crippen LogP contribution < -0.4 is 5.73 Å². The molecule has 0 saturated carbocycles. The number of aliphatic hydroxyl groups is 1. The van der Waals surface area contributed by atoms with Gasteiger partial charge in [-0.15, -0.1) is 6.42 Å². The maximum atomic E-state index is 8.81. The van der Waals surface area contributed by atoms with E-state index in [2.05, 4.69) is 5.92 Å². The summed E-state index contributed by atoms with van der Waals surface area (Å²) in [4.78, 5) is 0. The topological polar surface area (TPSA) is 46.2 Å². The summed E-state index contributed by atoms with van der Waals surface area (Å²) < 4.78 is 0. The molecule has 12 heavy (non-hydrogen) atoms. The van der Waals surface area contributed by atoms with E-state index in [1.807, 2.05) is 24.3 Å². The van der Waals surface area contributed by atoms with Crippen molar-refractivity contribution in [3.05, 3.63) is 35.4 Å². The highest BCUT2D eigenvalue weighted by molar-refractivity contribution is 5.41. The second-order valence-electron chi connectivity index (χ2n) is 2.52. The number of hydrogen-bond acceptors (Lipinski definition) is 2. The first-order chi connectivity index (χ1) is 5.79. The molecular formula is C10H11NO. The first kappa shape index (κ1) is 8.79. The quantitative estimate of drug-likeness (QED) is 0.626. The molecule has 1 aromatic rings. The molecule has 3 N–H and O–H groups in total. The molecule has 2 heteroatoms. The molecule has 1 rings (SSSR count). The molecule has 2 nitrogen and oxygen atoms in total. The Morgan fingerprint density at radius 2 is 2.17 bits per heavy atom. The maximum absolute atomic E-state index is 8.81. The summed E-state index contributed by atoms with van der Waals surface area (Å²) in [7, 11) is 0. The van der Waals surface area contributed by atoms with E-state index in [1.165, 1.54) is 0 Å². The SMILES string of the molecule is C#Cc1ccccc1[C@H](N)CO. The number of benzene rings is 1. The maximum Gasteiger partial charge on any atom is 0.0624 e. The molecule has 1 aromatic carbocycles. The van der Waals surface area contributed by atoms with Crippen molar-refractivity contribution in [1.29, 1.82) is 0 Å². The molecule has 0 spiro atoms. The molecule has 0 aromatic heterocycles. The van der Waals surface area contributed by atoms with Crippen LogP contribution >= 0.6 is 0 Å². The highest BCUT2D eigenvalue weighted by Crippen LogP contribution is 2.14. The summed E-state index contributed by atoms with van der Waals surface area (Å²) in [6.07, 6.45) is 5.26. The molecule has 0 saturated heterocycles.